The van der Waals surface area contributed by atoms with Crippen molar-refractivity contribution in [1.29, 1.82) is 0 Å². The molecule has 0 aromatic heterocycles. The van der Waals surface area contributed by atoms with Crippen molar-refractivity contribution in [2.45, 2.75) is 12.5 Å². The van der Waals surface area contributed by atoms with Gasteiger partial charge in [-0.2, -0.15) is 0 Å². The van der Waals surface area contributed by atoms with Crippen molar-refractivity contribution in [3.8, 4) is 17.2 Å². The summed E-state index contributed by atoms with van der Waals surface area (Å²) in [5, 5.41) is 9.88. The van der Waals surface area contributed by atoms with Crippen LogP contribution < -0.4 is 15.2 Å². The maximum atomic E-state index is 12.6. The van der Waals surface area contributed by atoms with Gasteiger partial charge in [-0.3, -0.25) is 0 Å². The van der Waals surface area contributed by atoms with Gasteiger partial charge in [-0.05, 0) is 29.8 Å². The Morgan fingerprint density at radius 1 is 1.10 bits per heavy atom. The van der Waals surface area contributed by atoms with Crippen LogP contribution in [0.1, 0.15) is 22.6 Å². The van der Waals surface area contributed by atoms with Crippen LogP contribution in [0.2, 0.25) is 0 Å². The summed E-state index contributed by atoms with van der Waals surface area (Å²) >= 11 is 3.43. The lowest BCUT2D eigenvalue weighted by atomic mass is 9.82. The van der Waals surface area contributed by atoms with E-state index in [0.717, 1.165) is 15.6 Å². The molecule has 3 N–H and O–H groups in total. The summed E-state index contributed by atoms with van der Waals surface area (Å²) in [6.45, 7) is 0.350. The quantitative estimate of drug-likeness (QED) is 0.517. The first-order chi connectivity index (χ1) is 15.0. The molecule has 158 valence electrons. The number of phenolic OH excluding ortho intramolecular Hbond substituents is 1. The molecule has 7 heteroatoms. The third-order valence-corrected chi connectivity index (χ3v) is 5.55. The number of halogens is 1. The summed E-state index contributed by atoms with van der Waals surface area (Å²) < 4.78 is 17.7. The van der Waals surface area contributed by atoms with E-state index in [0.29, 0.717) is 23.7 Å². The number of hydrogen-bond donors (Lipinski definition) is 2. The zero-order valence-corrected chi connectivity index (χ0v) is 18.3. The molecular weight excluding hydrogens is 462 g/mol. The van der Waals surface area contributed by atoms with Gasteiger partial charge in [0.25, 0.3) is 0 Å². The van der Waals surface area contributed by atoms with Crippen LogP contribution in [-0.4, -0.2) is 18.2 Å². The lowest BCUT2D eigenvalue weighted by molar-refractivity contribution is -0.136. The van der Waals surface area contributed by atoms with Crippen LogP contribution in [-0.2, 0) is 16.1 Å². The Morgan fingerprint density at radius 3 is 2.58 bits per heavy atom. The maximum Gasteiger partial charge on any atom is 0.340 e. The molecule has 1 atom stereocenters. The monoisotopic (exact) mass is 481 g/mol. The molecule has 0 saturated carbocycles. The number of phenols is 1. The van der Waals surface area contributed by atoms with E-state index in [1.165, 1.54) is 19.2 Å². The zero-order valence-electron chi connectivity index (χ0n) is 16.7. The number of hydrogen-bond acceptors (Lipinski definition) is 6. The Bertz CT molecular complexity index is 1160. The van der Waals surface area contributed by atoms with Crippen LogP contribution in [0.4, 0.5) is 0 Å². The van der Waals surface area contributed by atoms with Gasteiger partial charge in [0.05, 0.1) is 13.0 Å². The second kappa shape index (κ2) is 8.73. The molecule has 3 aromatic rings. The van der Waals surface area contributed by atoms with Crippen LogP contribution in [0.3, 0.4) is 0 Å². The van der Waals surface area contributed by atoms with E-state index in [2.05, 4.69) is 15.9 Å². The lowest BCUT2D eigenvalue weighted by Gasteiger charge is -2.29. The second-order valence-electron chi connectivity index (χ2n) is 6.98. The van der Waals surface area contributed by atoms with E-state index in [1.54, 1.807) is 6.07 Å². The van der Waals surface area contributed by atoms with Crippen LogP contribution in [0.15, 0.2) is 82.7 Å². The molecule has 0 aliphatic carbocycles. The number of ether oxygens (including phenoxy) is 3. The fraction of sp³-hybridized carbons (Fsp3) is 0.125. The number of aromatic hydroxyl groups is 1. The predicted molar refractivity (Wildman–Crippen MR) is 119 cm³/mol. The zero-order chi connectivity index (χ0) is 22.0. The number of esters is 1. The molecule has 4 rings (SSSR count). The summed E-state index contributed by atoms with van der Waals surface area (Å²) in [6.07, 6.45) is 0. The van der Waals surface area contributed by atoms with E-state index in [-0.39, 0.29) is 17.2 Å². The second-order valence-corrected chi connectivity index (χ2v) is 7.90. The van der Waals surface area contributed by atoms with Crippen LogP contribution in [0.25, 0.3) is 0 Å². The summed E-state index contributed by atoms with van der Waals surface area (Å²) in [5.74, 6) is -0.241. The number of carbonyl (C=O) groups is 1. The molecule has 1 unspecified atom stereocenters. The largest absolute Gasteiger partial charge is 0.508 e. The summed E-state index contributed by atoms with van der Waals surface area (Å²) in [5.41, 5.74) is 8.69. The summed E-state index contributed by atoms with van der Waals surface area (Å²) in [6, 6.07) is 20.0. The number of fused-ring (bicyclic) bond motifs is 1. The average Bonchev–Trinajstić information content (AvgIpc) is 2.77. The van der Waals surface area contributed by atoms with E-state index in [4.69, 9.17) is 19.9 Å². The molecule has 1 aliphatic heterocycles. The molecule has 6 nitrogen and oxygen atoms in total. The minimum Gasteiger partial charge on any atom is -0.508 e. The first-order valence-electron chi connectivity index (χ1n) is 9.53. The van der Waals surface area contributed by atoms with Crippen molar-refractivity contribution in [2.75, 3.05) is 7.11 Å². The van der Waals surface area contributed by atoms with Crippen molar-refractivity contribution in [3.63, 3.8) is 0 Å². The van der Waals surface area contributed by atoms with Crippen molar-refractivity contribution in [2.24, 2.45) is 5.73 Å². The number of para-hydroxylation sites is 1. The molecule has 0 amide bonds. The topological polar surface area (TPSA) is 91.0 Å². The highest BCUT2D eigenvalue weighted by atomic mass is 79.9. The molecule has 31 heavy (non-hydrogen) atoms. The van der Waals surface area contributed by atoms with Gasteiger partial charge in [0.15, 0.2) is 0 Å². The normalized spacial score (nSPS) is 15.1. The van der Waals surface area contributed by atoms with E-state index in [1.807, 2.05) is 48.5 Å². The molecule has 3 aromatic carbocycles. The van der Waals surface area contributed by atoms with Crippen molar-refractivity contribution < 1.29 is 24.1 Å². The smallest absolute Gasteiger partial charge is 0.340 e. The molecule has 0 fully saturated rings. The molecular formula is C24H20BrNO5. The Morgan fingerprint density at radius 2 is 1.84 bits per heavy atom. The SMILES string of the molecule is COC(=O)C1=C(N)Oc2cc(O)ccc2C1c1ccccc1OCc1ccc(Br)cc1. The number of carbonyl (C=O) groups excluding carboxylic acids is 1. The lowest BCUT2D eigenvalue weighted by Crippen LogP contribution is -2.27. The highest BCUT2D eigenvalue weighted by Gasteiger charge is 2.36. The molecule has 1 heterocycles. The van der Waals surface area contributed by atoms with Gasteiger partial charge in [0.2, 0.25) is 5.88 Å². The van der Waals surface area contributed by atoms with E-state index in [9.17, 15) is 9.90 Å². The highest BCUT2D eigenvalue weighted by Crippen LogP contribution is 2.46. The molecule has 0 bridgehead atoms. The molecule has 0 radical (unpaired) electrons. The van der Waals surface area contributed by atoms with Gasteiger partial charge in [0, 0.05) is 21.7 Å². The van der Waals surface area contributed by atoms with Crippen molar-refractivity contribution in [3.05, 3.63) is 99.3 Å². The van der Waals surface area contributed by atoms with Crippen LogP contribution >= 0.6 is 15.9 Å². The Kier molecular flexibility index (Phi) is 5.86. The van der Waals surface area contributed by atoms with Gasteiger partial charge in [-0.25, -0.2) is 4.79 Å². The standard InChI is InChI=1S/C24H20BrNO5/c1-29-24(28)22-21(18-11-10-16(27)12-20(18)31-23(22)26)17-4-2-3-5-19(17)30-13-14-6-8-15(25)9-7-14/h2-12,21,27H,13,26H2,1H3. The maximum absolute atomic E-state index is 12.6. The molecule has 0 saturated heterocycles. The summed E-state index contributed by atoms with van der Waals surface area (Å²) in [4.78, 5) is 12.6. The minimum atomic E-state index is -0.594. The van der Waals surface area contributed by atoms with E-state index < -0.39 is 11.9 Å². The Labute approximate surface area is 188 Å². The predicted octanol–water partition coefficient (Wildman–Crippen LogP) is 4.60. The van der Waals surface area contributed by atoms with Crippen molar-refractivity contribution >= 4 is 21.9 Å². The first kappa shape index (κ1) is 20.8. The average molecular weight is 482 g/mol. The molecule has 0 spiro atoms. The highest BCUT2D eigenvalue weighted by molar-refractivity contribution is 9.10. The van der Waals surface area contributed by atoms with Gasteiger partial charge in [0.1, 0.15) is 29.4 Å². The van der Waals surface area contributed by atoms with Gasteiger partial charge >= 0.3 is 5.97 Å². The fourth-order valence-corrected chi connectivity index (χ4v) is 3.83. The van der Waals surface area contributed by atoms with E-state index >= 15 is 0 Å². The number of rotatable bonds is 5. The first-order valence-corrected chi connectivity index (χ1v) is 10.3. The Hall–Kier alpha value is -3.45. The van der Waals surface area contributed by atoms with Crippen LogP contribution in [0.5, 0.6) is 17.2 Å². The minimum absolute atomic E-state index is 0.0339. The number of methoxy groups -OCH3 is 1. The number of benzene rings is 3. The third-order valence-electron chi connectivity index (χ3n) is 5.03. The van der Waals surface area contributed by atoms with Gasteiger partial charge in [-0.15, -0.1) is 0 Å². The third kappa shape index (κ3) is 4.22. The summed E-state index contributed by atoms with van der Waals surface area (Å²) in [7, 11) is 1.29. The molecule has 1 aliphatic rings. The van der Waals surface area contributed by atoms with Crippen LogP contribution in [0, 0.1) is 0 Å². The Balaban J connectivity index is 1.78. The van der Waals surface area contributed by atoms with Crippen molar-refractivity contribution in [1.82, 2.24) is 0 Å². The number of nitrogens with two attached hydrogens (primary N) is 1. The fourth-order valence-electron chi connectivity index (χ4n) is 3.56. The van der Waals surface area contributed by atoms with Gasteiger partial charge in [-0.1, -0.05) is 52.3 Å². The van der Waals surface area contributed by atoms with Gasteiger partial charge < -0.3 is 25.1 Å².